The molecule has 168 valence electrons. The number of halogens is 6. The number of hydrogen-bond acceptors (Lipinski definition) is 2. The summed E-state index contributed by atoms with van der Waals surface area (Å²) in [5.74, 6) is -9.54. The van der Waals surface area contributed by atoms with Crippen LogP contribution in [0.4, 0.5) is 26.3 Å². The predicted octanol–water partition coefficient (Wildman–Crippen LogP) is 4.82. The number of aromatic nitrogens is 4. The van der Waals surface area contributed by atoms with Crippen molar-refractivity contribution < 1.29 is 46.8 Å². The van der Waals surface area contributed by atoms with Crippen LogP contribution in [-0.2, 0) is 25.8 Å². The van der Waals surface area contributed by atoms with E-state index in [4.69, 9.17) is 0 Å². The molecule has 0 N–H and O–H groups in total. The zero-order valence-electron chi connectivity index (χ0n) is 16.3. The van der Waals surface area contributed by atoms with Crippen LogP contribution >= 0.6 is 0 Å². The monoisotopic (exact) mass is 540 g/mol. The zero-order chi connectivity index (χ0) is 22.5. The third-order valence-corrected chi connectivity index (χ3v) is 4.77. The van der Waals surface area contributed by atoms with Crippen molar-refractivity contribution in [2.75, 3.05) is 0 Å². The van der Waals surface area contributed by atoms with Gasteiger partial charge >= 0.3 is 20.4 Å². The maximum absolute atomic E-state index is 13.9. The van der Waals surface area contributed by atoms with Gasteiger partial charge in [0, 0.05) is 16.8 Å². The van der Waals surface area contributed by atoms with Crippen molar-refractivity contribution in [2.45, 2.75) is 19.3 Å². The Morgan fingerprint density at radius 3 is 1.38 bits per heavy atom. The van der Waals surface area contributed by atoms with Crippen molar-refractivity contribution >= 4 is 0 Å². The number of hydrogen-bond donors (Lipinski definition) is 0. The van der Waals surface area contributed by atoms with E-state index in [0.717, 1.165) is 0 Å². The molecule has 0 aromatic carbocycles. The number of rotatable bonds is 4. The Labute approximate surface area is 192 Å². The van der Waals surface area contributed by atoms with Crippen molar-refractivity contribution in [1.82, 2.24) is 19.1 Å². The van der Waals surface area contributed by atoms with E-state index in [0.29, 0.717) is 20.5 Å². The van der Waals surface area contributed by atoms with E-state index in [-0.39, 0.29) is 32.1 Å². The summed E-state index contributed by atoms with van der Waals surface area (Å²) < 4.78 is 82.3. The van der Waals surface area contributed by atoms with Crippen molar-refractivity contribution in [2.24, 2.45) is 0 Å². The predicted molar refractivity (Wildman–Crippen MR) is 96.7 cm³/mol. The van der Waals surface area contributed by atoms with Crippen molar-refractivity contribution in [3.05, 3.63) is 95.3 Å². The fourth-order valence-corrected chi connectivity index (χ4v) is 3.01. The summed E-state index contributed by atoms with van der Waals surface area (Å²) in [6, 6.07) is 8.81. The second-order valence-corrected chi connectivity index (χ2v) is 7.12. The molecule has 0 amide bonds. The molecule has 0 aliphatic rings. The van der Waals surface area contributed by atoms with E-state index in [1.165, 1.54) is 24.3 Å². The minimum atomic E-state index is -1.68. The van der Waals surface area contributed by atoms with Gasteiger partial charge in [-0.3, -0.25) is 27.5 Å². The molecule has 0 aliphatic heterocycles. The van der Waals surface area contributed by atoms with Crippen LogP contribution in [0.1, 0.15) is 25.2 Å². The number of pyridine rings is 2. The summed E-state index contributed by atoms with van der Waals surface area (Å²) in [6.07, 6.45) is 3.79. The van der Waals surface area contributed by atoms with Gasteiger partial charge in [-0.15, -0.1) is 0 Å². The van der Waals surface area contributed by atoms with Crippen LogP contribution in [0.2, 0.25) is 0 Å². The average Bonchev–Trinajstić information content (AvgIpc) is 3.18. The second kappa shape index (κ2) is 8.56. The van der Waals surface area contributed by atoms with Gasteiger partial charge in [-0.1, -0.05) is 24.3 Å². The van der Waals surface area contributed by atoms with Gasteiger partial charge in [0.15, 0.2) is 0 Å². The third kappa shape index (κ3) is 3.87. The van der Waals surface area contributed by atoms with Crippen molar-refractivity contribution in [1.29, 1.82) is 0 Å². The second-order valence-electron chi connectivity index (χ2n) is 7.12. The Balaban J connectivity index is 0.00000289. The van der Waals surface area contributed by atoms with Crippen molar-refractivity contribution in [3.8, 4) is 11.6 Å². The Kier molecular flexibility index (Phi) is 6.36. The van der Waals surface area contributed by atoms with Crippen LogP contribution in [0, 0.1) is 47.6 Å². The van der Waals surface area contributed by atoms with Crippen LogP contribution in [0.15, 0.2) is 36.4 Å². The Morgan fingerprint density at radius 2 is 1.06 bits per heavy atom. The smallest absolute Gasteiger partial charge is 0.401 e. The quantitative estimate of drug-likeness (QED) is 0.212. The minimum Gasteiger partial charge on any atom is -0.401 e. The molecule has 0 spiro atoms. The topological polar surface area (TPSA) is 35.6 Å². The fourth-order valence-electron chi connectivity index (χ4n) is 3.01. The van der Waals surface area contributed by atoms with E-state index in [2.05, 4.69) is 9.97 Å². The van der Waals surface area contributed by atoms with Gasteiger partial charge in [0.2, 0.25) is 0 Å². The zero-order valence-corrected chi connectivity index (χ0v) is 17.9. The van der Waals surface area contributed by atoms with E-state index in [1.807, 2.05) is 12.4 Å². The molecule has 4 rings (SSSR count). The summed E-state index contributed by atoms with van der Waals surface area (Å²) in [5, 5.41) is 0. The summed E-state index contributed by atoms with van der Waals surface area (Å²) in [5.41, 5.74) is -0.328. The Morgan fingerprint density at radius 1 is 0.688 bits per heavy atom. The van der Waals surface area contributed by atoms with Crippen LogP contribution in [0.3, 0.4) is 0 Å². The van der Waals surface area contributed by atoms with Gasteiger partial charge in [-0.05, 0) is 38.4 Å². The third-order valence-electron chi connectivity index (χ3n) is 4.77. The summed E-state index contributed by atoms with van der Waals surface area (Å²) in [7, 11) is 0. The molecule has 0 saturated heterocycles. The molecule has 0 saturated carbocycles. The molecule has 0 fully saturated rings. The molecule has 4 aromatic heterocycles. The fraction of sp³-hybridized carbons (Fsp3) is 0.143. The van der Waals surface area contributed by atoms with Crippen LogP contribution in [0.25, 0.3) is 11.6 Å². The average molecular weight is 541 g/mol. The van der Waals surface area contributed by atoms with Gasteiger partial charge in [0.25, 0.3) is 0 Å². The van der Waals surface area contributed by atoms with Gasteiger partial charge in [-0.25, -0.2) is 8.78 Å². The van der Waals surface area contributed by atoms with E-state index in [1.54, 1.807) is 26.0 Å². The van der Waals surface area contributed by atoms with Crippen LogP contribution in [0.5, 0.6) is 0 Å². The molecule has 4 aromatic rings. The molecule has 0 bridgehead atoms. The molecule has 32 heavy (non-hydrogen) atoms. The van der Waals surface area contributed by atoms with Crippen LogP contribution in [-0.4, -0.2) is 19.1 Å². The maximum atomic E-state index is 13.9. The molecule has 4 nitrogen and oxygen atoms in total. The first-order valence-corrected chi connectivity index (χ1v) is 8.86. The normalized spacial score (nSPS) is 11.5. The molecular formula is C21H12F6N4Pd. The Bertz CT molecular complexity index is 1200. The molecule has 0 aliphatic carbocycles. The first kappa shape index (κ1) is 23.8. The largest absolute Gasteiger partial charge is 2.00 e. The summed E-state index contributed by atoms with van der Waals surface area (Å²) in [4.78, 5) is 8.51. The van der Waals surface area contributed by atoms with Crippen LogP contribution < -0.4 is 0 Å². The van der Waals surface area contributed by atoms with E-state index in [9.17, 15) is 26.3 Å². The van der Waals surface area contributed by atoms with Gasteiger partial charge in [-0.2, -0.15) is 0 Å². The van der Waals surface area contributed by atoms with Gasteiger partial charge in [0.1, 0.15) is 11.9 Å². The molecule has 0 atom stereocenters. The molecule has 11 heteroatoms. The first-order valence-electron chi connectivity index (χ1n) is 8.86. The maximum Gasteiger partial charge on any atom is 2.00 e. The number of nitrogens with zero attached hydrogens (tertiary/aromatic N) is 4. The van der Waals surface area contributed by atoms with E-state index >= 15 is 0 Å². The molecule has 0 unspecified atom stereocenters. The van der Waals surface area contributed by atoms with Gasteiger partial charge < -0.3 is 9.13 Å². The summed E-state index contributed by atoms with van der Waals surface area (Å²) >= 11 is 0. The SMILES string of the molecule is CC(C)(c1cccc(-n2[c-]c(F)c(F)c2F)n1)c1cccc(-n2[c-]c(F)c(F)c2F)n1.[Pd+2]. The van der Waals surface area contributed by atoms with E-state index < -0.39 is 40.6 Å². The van der Waals surface area contributed by atoms with Crippen molar-refractivity contribution in [3.63, 3.8) is 0 Å². The first-order chi connectivity index (χ1) is 14.6. The molecular weight excluding hydrogens is 529 g/mol. The standard InChI is InChI=1S/C21H12F6N4.Pd/c1-21(2,13-5-3-7-15(28-13)30-9-11(22)17(24)19(30)26)14-6-4-8-16(29-14)31-10-12(23)18(25)20(31)27;/h3-8H,1-2H3;/q-2;+2. The van der Waals surface area contributed by atoms with Gasteiger partial charge in [0.05, 0.1) is 34.9 Å². The molecule has 0 radical (unpaired) electrons. The minimum absolute atomic E-state index is 0. The Hall–Kier alpha value is -2.90. The molecule has 4 heterocycles. The summed E-state index contributed by atoms with van der Waals surface area (Å²) in [6.45, 7) is 3.39.